The lowest BCUT2D eigenvalue weighted by atomic mass is 9.77. The molecule has 100 valence electrons. The molecule has 1 saturated carbocycles. The Balaban J connectivity index is 1.97. The average molecular weight is 257 g/mol. The van der Waals surface area contributed by atoms with Gasteiger partial charge in [-0.05, 0) is 25.3 Å². The second-order valence-electron chi connectivity index (χ2n) is 4.85. The molecule has 3 nitrogen and oxygen atoms in total. The van der Waals surface area contributed by atoms with Gasteiger partial charge in [0.05, 0.1) is 12.7 Å². The minimum atomic E-state index is -1.05. The highest BCUT2D eigenvalue weighted by Gasteiger charge is 2.36. The maximum atomic E-state index is 13.4. The van der Waals surface area contributed by atoms with Gasteiger partial charge in [0, 0.05) is 23.7 Å². The maximum absolute atomic E-state index is 13.4. The third-order valence-electron chi connectivity index (χ3n) is 3.61. The monoisotopic (exact) mass is 257 g/mol. The molecule has 0 spiro atoms. The van der Waals surface area contributed by atoms with Crippen molar-refractivity contribution < 1.29 is 19.0 Å². The average Bonchev–Trinajstić information content (AvgIpc) is 2.27. The predicted molar refractivity (Wildman–Crippen MR) is 63.0 cm³/mol. The molecule has 0 bridgehead atoms. The summed E-state index contributed by atoms with van der Waals surface area (Å²) in [4.78, 5) is 0. The van der Waals surface area contributed by atoms with Gasteiger partial charge in [-0.25, -0.2) is 8.78 Å². The first kappa shape index (κ1) is 13.4. The van der Waals surface area contributed by atoms with Crippen LogP contribution in [0, 0.1) is 11.6 Å². The van der Waals surface area contributed by atoms with Crippen LogP contribution in [0.2, 0.25) is 0 Å². The van der Waals surface area contributed by atoms with Crippen LogP contribution in [-0.2, 0) is 0 Å². The molecule has 1 aromatic rings. The Labute approximate surface area is 104 Å². The number of rotatable bonds is 5. The quantitative estimate of drug-likeness (QED) is 0.749. The highest BCUT2D eigenvalue weighted by Crippen LogP contribution is 2.31. The third-order valence-corrected chi connectivity index (χ3v) is 3.61. The van der Waals surface area contributed by atoms with Gasteiger partial charge in [0.25, 0.3) is 0 Å². The molecule has 0 heterocycles. The van der Waals surface area contributed by atoms with Crippen molar-refractivity contribution in [1.29, 1.82) is 0 Å². The Hall–Kier alpha value is -1.04. The second-order valence-corrected chi connectivity index (χ2v) is 4.85. The van der Waals surface area contributed by atoms with E-state index < -0.39 is 17.7 Å². The molecule has 18 heavy (non-hydrogen) atoms. The first-order chi connectivity index (χ1) is 8.56. The molecule has 1 aliphatic rings. The Morgan fingerprint density at radius 1 is 1.33 bits per heavy atom. The van der Waals surface area contributed by atoms with Crippen molar-refractivity contribution in [3.05, 3.63) is 35.4 Å². The van der Waals surface area contributed by atoms with E-state index in [9.17, 15) is 19.0 Å². The first-order valence-corrected chi connectivity index (χ1v) is 6.05. The lowest BCUT2D eigenvalue weighted by molar-refractivity contribution is 0.0679. The van der Waals surface area contributed by atoms with E-state index in [4.69, 9.17) is 0 Å². The highest BCUT2D eigenvalue weighted by molar-refractivity contribution is 5.21. The Kier molecular flexibility index (Phi) is 3.94. The van der Waals surface area contributed by atoms with Crippen LogP contribution in [0.1, 0.15) is 30.9 Å². The molecule has 1 unspecified atom stereocenters. The van der Waals surface area contributed by atoms with E-state index in [1.54, 1.807) is 0 Å². The summed E-state index contributed by atoms with van der Waals surface area (Å²) < 4.78 is 26.2. The van der Waals surface area contributed by atoms with Crippen LogP contribution in [0.25, 0.3) is 0 Å². The molecule has 1 atom stereocenters. The van der Waals surface area contributed by atoms with Gasteiger partial charge in [-0.3, -0.25) is 0 Å². The number of hydrogen-bond donors (Lipinski definition) is 3. The Morgan fingerprint density at radius 2 is 2.06 bits per heavy atom. The standard InChI is InChI=1S/C13H17F2NO2/c14-9-2-3-10(11(15)6-9)12(18)7-16-13(8-17)4-1-5-13/h2-3,6,12,16-18H,1,4-5,7-8H2. The molecule has 0 saturated heterocycles. The summed E-state index contributed by atoms with van der Waals surface area (Å²) in [6, 6.07) is 3.11. The van der Waals surface area contributed by atoms with Gasteiger partial charge in [0.2, 0.25) is 0 Å². The Bertz CT molecular complexity index is 416. The number of benzene rings is 1. The van der Waals surface area contributed by atoms with Crippen molar-refractivity contribution in [1.82, 2.24) is 5.32 Å². The van der Waals surface area contributed by atoms with E-state index in [-0.39, 0.29) is 24.3 Å². The van der Waals surface area contributed by atoms with E-state index >= 15 is 0 Å². The fraction of sp³-hybridized carbons (Fsp3) is 0.538. The second kappa shape index (κ2) is 5.30. The van der Waals surface area contributed by atoms with Gasteiger partial charge in [0.1, 0.15) is 11.6 Å². The van der Waals surface area contributed by atoms with E-state index in [2.05, 4.69) is 5.32 Å². The van der Waals surface area contributed by atoms with Crippen molar-refractivity contribution in [2.75, 3.05) is 13.2 Å². The maximum Gasteiger partial charge on any atom is 0.131 e. The van der Waals surface area contributed by atoms with Crippen LogP contribution in [0.5, 0.6) is 0 Å². The minimum Gasteiger partial charge on any atom is -0.394 e. The molecule has 2 rings (SSSR count). The molecule has 1 aromatic carbocycles. The fourth-order valence-corrected chi connectivity index (χ4v) is 2.19. The van der Waals surface area contributed by atoms with Gasteiger partial charge in [-0.2, -0.15) is 0 Å². The van der Waals surface area contributed by atoms with E-state index in [1.807, 2.05) is 0 Å². The minimum absolute atomic E-state index is 0.00558. The first-order valence-electron chi connectivity index (χ1n) is 6.05. The van der Waals surface area contributed by atoms with E-state index in [0.29, 0.717) is 0 Å². The number of aliphatic hydroxyl groups excluding tert-OH is 2. The summed E-state index contributed by atoms with van der Waals surface area (Å²) in [6.07, 6.45) is 1.69. The molecular formula is C13H17F2NO2. The summed E-state index contributed by atoms with van der Waals surface area (Å²) in [5.41, 5.74) is -0.270. The smallest absolute Gasteiger partial charge is 0.131 e. The predicted octanol–water partition coefficient (Wildman–Crippen LogP) is 1.50. The highest BCUT2D eigenvalue weighted by atomic mass is 19.1. The third kappa shape index (κ3) is 2.68. The molecule has 3 N–H and O–H groups in total. The molecule has 5 heteroatoms. The summed E-state index contributed by atoms with van der Waals surface area (Å²) in [6.45, 7) is 0.148. The topological polar surface area (TPSA) is 52.5 Å². The molecule has 0 amide bonds. The summed E-state index contributed by atoms with van der Waals surface area (Å²) in [5.74, 6) is -1.42. The lowest BCUT2D eigenvalue weighted by Crippen LogP contribution is -2.54. The molecule has 0 aliphatic heterocycles. The zero-order valence-corrected chi connectivity index (χ0v) is 10.00. The summed E-state index contributed by atoms with van der Waals surface area (Å²) in [5, 5.41) is 22.2. The number of nitrogens with one attached hydrogen (secondary N) is 1. The van der Waals surface area contributed by atoms with Crippen molar-refractivity contribution >= 4 is 0 Å². The lowest BCUT2D eigenvalue weighted by Gasteiger charge is -2.41. The van der Waals surface area contributed by atoms with Gasteiger partial charge >= 0.3 is 0 Å². The van der Waals surface area contributed by atoms with Gasteiger partial charge < -0.3 is 15.5 Å². The van der Waals surface area contributed by atoms with Gasteiger partial charge in [0.15, 0.2) is 0 Å². The van der Waals surface area contributed by atoms with E-state index in [1.165, 1.54) is 6.07 Å². The SMILES string of the molecule is OCC1(NCC(O)c2ccc(F)cc2F)CCC1. The molecular weight excluding hydrogens is 240 g/mol. The van der Waals surface area contributed by atoms with Gasteiger partial charge in [-0.1, -0.05) is 6.07 Å². The van der Waals surface area contributed by atoms with Crippen LogP contribution in [0.4, 0.5) is 8.78 Å². The number of β-amino-alcohol motifs (C(OH)–C–C–N with tert-alkyl or cyclic N) is 1. The summed E-state index contributed by atoms with van der Waals surface area (Å²) >= 11 is 0. The molecule has 0 radical (unpaired) electrons. The van der Waals surface area contributed by atoms with Crippen LogP contribution >= 0.6 is 0 Å². The van der Waals surface area contributed by atoms with Crippen molar-refractivity contribution in [2.24, 2.45) is 0 Å². The van der Waals surface area contributed by atoms with Crippen LogP contribution in [-0.4, -0.2) is 28.9 Å². The zero-order chi connectivity index (χ0) is 13.2. The number of aliphatic hydroxyl groups is 2. The number of halogens is 2. The normalized spacial score (nSPS) is 19.3. The van der Waals surface area contributed by atoms with E-state index in [0.717, 1.165) is 31.4 Å². The summed E-state index contributed by atoms with van der Waals surface area (Å²) in [7, 11) is 0. The Morgan fingerprint density at radius 3 is 2.56 bits per heavy atom. The molecule has 1 aliphatic carbocycles. The van der Waals surface area contributed by atoms with Crippen LogP contribution < -0.4 is 5.32 Å². The van der Waals surface area contributed by atoms with Crippen LogP contribution in [0.15, 0.2) is 18.2 Å². The van der Waals surface area contributed by atoms with Crippen molar-refractivity contribution in [3.8, 4) is 0 Å². The van der Waals surface area contributed by atoms with Gasteiger partial charge in [-0.15, -0.1) is 0 Å². The fourth-order valence-electron chi connectivity index (χ4n) is 2.19. The van der Waals surface area contributed by atoms with Crippen molar-refractivity contribution in [2.45, 2.75) is 30.9 Å². The number of hydrogen-bond acceptors (Lipinski definition) is 3. The molecule has 1 fully saturated rings. The largest absolute Gasteiger partial charge is 0.394 e. The molecule has 0 aromatic heterocycles. The van der Waals surface area contributed by atoms with Crippen molar-refractivity contribution in [3.63, 3.8) is 0 Å². The van der Waals surface area contributed by atoms with Crippen LogP contribution in [0.3, 0.4) is 0 Å². The zero-order valence-electron chi connectivity index (χ0n) is 10.00.